The molecule has 1 rings (SSSR count). The molecule has 16 heteroatoms. The fraction of sp³-hybridized carbons (Fsp3) is 0.333. The molecular weight excluding hydrogens is 469 g/mol. The molecule has 0 saturated heterocycles. The lowest BCUT2D eigenvalue weighted by molar-refractivity contribution is -0.332. The van der Waals surface area contributed by atoms with Crippen LogP contribution in [0.5, 0.6) is 5.75 Å². The molecule has 1 aromatic carbocycles. The zero-order chi connectivity index (χ0) is 22.3. The second kappa shape index (κ2) is 7.24. The Hall–Kier alpha value is -1.77. The summed E-state index contributed by atoms with van der Waals surface area (Å²) in [6, 6.07) is 1.49. The Kier molecular flexibility index (Phi) is 6.28. The molecule has 160 valence electrons. The fourth-order valence-electron chi connectivity index (χ4n) is 1.58. The normalized spacial score (nSPS) is 15.3. The highest BCUT2D eigenvalue weighted by Crippen LogP contribution is 2.53. The molecule has 0 heterocycles. The van der Waals surface area contributed by atoms with Crippen molar-refractivity contribution in [2.24, 2.45) is 0 Å². The molecule has 0 spiro atoms. The van der Waals surface area contributed by atoms with E-state index in [4.69, 9.17) is 10.7 Å². The van der Waals surface area contributed by atoms with Crippen LogP contribution in [-0.2, 0) is 9.05 Å². The van der Waals surface area contributed by atoms with E-state index in [9.17, 15) is 56.7 Å². The molecule has 0 unspecified atom stereocenters. The first kappa shape index (κ1) is 24.3. The minimum Gasteiger partial charge on any atom is -0.449 e. The van der Waals surface area contributed by atoms with Crippen LogP contribution in [0, 0.1) is 0 Å². The zero-order valence-electron chi connectivity index (χ0n) is 12.5. The van der Waals surface area contributed by atoms with Gasteiger partial charge in [-0.15, -0.1) is 0 Å². The van der Waals surface area contributed by atoms with Gasteiger partial charge in [0.05, 0.1) is 4.90 Å². The summed E-state index contributed by atoms with van der Waals surface area (Å²) < 4.78 is 166. The lowest BCUT2D eigenvalue weighted by Crippen LogP contribution is -2.54. The number of benzene rings is 1. The van der Waals surface area contributed by atoms with E-state index < -0.39 is 55.5 Å². The summed E-state index contributed by atoms with van der Waals surface area (Å²) in [6.07, 6.45) is -20.7. The van der Waals surface area contributed by atoms with Crippen LogP contribution in [0.1, 0.15) is 0 Å². The average Bonchev–Trinajstić information content (AvgIpc) is 2.47. The number of hydrogen-bond acceptors (Lipinski definition) is 3. The van der Waals surface area contributed by atoms with Crippen molar-refractivity contribution in [2.75, 3.05) is 0 Å². The lowest BCUT2D eigenvalue weighted by Gasteiger charge is -2.29. The summed E-state index contributed by atoms with van der Waals surface area (Å²) in [7, 11) is 0.478. The van der Waals surface area contributed by atoms with Crippen molar-refractivity contribution in [3.63, 3.8) is 0 Å². The highest BCUT2D eigenvalue weighted by Gasteiger charge is 2.77. The van der Waals surface area contributed by atoms with E-state index in [0.717, 1.165) is 0 Å². The number of alkyl halides is 10. The van der Waals surface area contributed by atoms with Gasteiger partial charge >= 0.3 is 24.2 Å². The molecule has 28 heavy (non-hydrogen) atoms. The van der Waals surface area contributed by atoms with Crippen LogP contribution in [0.15, 0.2) is 40.7 Å². The van der Waals surface area contributed by atoms with Gasteiger partial charge in [-0.05, 0) is 24.3 Å². The molecule has 0 fully saturated rings. The zero-order valence-corrected chi connectivity index (χ0v) is 14.1. The Morgan fingerprint density at radius 1 is 0.821 bits per heavy atom. The van der Waals surface area contributed by atoms with E-state index in [-0.39, 0.29) is 0 Å². The van der Waals surface area contributed by atoms with Crippen LogP contribution in [0.4, 0.5) is 48.3 Å². The van der Waals surface area contributed by atoms with E-state index in [1.807, 2.05) is 0 Å². The predicted molar refractivity (Wildman–Crippen MR) is 70.2 cm³/mol. The fourth-order valence-corrected chi connectivity index (χ4v) is 2.35. The number of hydrogen-bond donors (Lipinski definition) is 0. The van der Waals surface area contributed by atoms with Crippen LogP contribution in [0.2, 0.25) is 0 Å². The molecule has 0 atom stereocenters. The van der Waals surface area contributed by atoms with Crippen molar-refractivity contribution >= 4 is 19.7 Å². The number of allylic oxidation sites excluding steroid dienone is 2. The van der Waals surface area contributed by atoms with E-state index >= 15 is 0 Å². The third-order valence-electron chi connectivity index (χ3n) is 2.87. The molecule has 0 N–H and O–H groups in total. The largest absolute Gasteiger partial charge is 0.452 e. The number of ether oxygens (including phenoxy) is 1. The van der Waals surface area contributed by atoms with Crippen LogP contribution in [0.3, 0.4) is 0 Å². The average molecular weight is 473 g/mol. The second-order valence-electron chi connectivity index (χ2n) is 4.81. The van der Waals surface area contributed by atoms with Crippen LogP contribution >= 0.6 is 10.7 Å². The molecule has 1 aromatic rings. The highest BCUT2D eigenvalue weighted by atomic mass is 35.7. The Labute approximate surface area is 152 Å². The topological polar surface area (TPSA) is 43.4 Å². The molecule has 0 bridgehead atoms. The van der Waals surface area contributed by atoms with Crippen LogP contribution in [0.25, 0.3) is 0 Å². The maximum absolute atomic E-state index is 13.7. The molecule has 0 amide bonds. The molecule has 0 aliphatic rings. The summed E-state index contributed by atoms with van der Waals surface area (Å²) in [5.74, 6) is -9.18. The van der Waals surface area contributed by atoms with Crippen molar-refractivity contribution in [3.05, 3.63) is 35.9 Å². The molecule has 0 aliphatic heterocycles. The highest BCUT2D eigenvalue weighted by molar-refractivity contribution is 8.13. The molecular formula is C12H4ClF11O3S. The van der Waals surface area contributed by atoms with Gasteiger partial charge in [-0.3, -0.25) is 0 Å². The first-order valence-electron chi connectivity index (χ1n) is 6.25. The summed E-state index contributed by atoms with van der Waals surface area (Å²) in [5.41, 5.74) is -7.02. The minimum atomic E-state index is -7.16. The van der Waals surface area contributed by atoms with Gasteiger partial charge in [0, 0.05) is 10.7 Å². The maximum atomic E-state index is 13.7. The first-order valence-corrected chi connectivity index (χ1v) is 8.56. The first-order chi connectivity index (χ1) is 12.2. The number of halogens is 12. The van der Waals surface area contributed by atoms with Gasteiger partial charge < -0.3 is 4.74 Å². The molecule has 0 saturated carbocycles. The third-order valence-corrected chi connectivity index (χ3v) is 4.24. The second-order valence-corrected chi connectivity index (χ2v) is 7.37. The summed E-state index contributed by atoms with van der Waals surface area (Å²) in [6.45, 7) is 0. The predicted octanol–water partition coefficient (Wildman–Crippen LogP) is 5.57. The molecule has 3 nitrogen and oxygen atoms in total. The Morgan fingerprint density at radius 3 is 1.50 bits per heavy atom. The van der Waals surface area contributed by atoms with Gasteiger partial charge in [0.15, 0.2) is 0 Å². The molecule has 0 aromatic heterocycles. The standard InChI is InChI=1S/C12H4ClF11O3S/c13-28(25,26)6-3-1-5(2-4-6)27-8(10(16,17)18)7(14)9(15,11(19,20)21)12(22,23)24/h1-4H. The van der Waals surface area contributed by atoms with Gasteiger partial charge in [-0.25, -0.2) is 17.2 Å². The number of rotatable bonds is 4. The Bertz CT molecular complexity index is 837. The van der Waals surface area contributed by atoms with Gasteiger partial charge in [-0.2, -0.15) is 39.5 Å². The monoisotopic (exact) mass is 472 g/mol. The van der Waals surface area contributed by atoms with E-state index in [0.29, 0.717) is 24.3 Å². The van der Waals surface area contributed by atoms with E-state index in [1.165, 1.54) is 0 Å². The van der Waals surface area contributed by atoms with Crippen molar-refractivity contribution in [2.45, 2.75) is 29.1 Å². The quantitative estimate of drug-likeness (QED) is 0.327. The summed E-state index contributed by atoms with van der Waals surface area (Å²) in [4.78, 5) is -0.745. The Morgan fingerprint density at radius 2 is 1.21 bits per heavy atom. The SMILES string of the molecule is O=S(=O)(Cl)c1ccc(OC(=C(F)C(F)(C(F)(F)F)C(F)(F)F)C(F)(F)F)cc1. The molecule has 0 radical (unpaired) electrons. The van der Waals surface area contributed by atoms with Gasteiger partial charge in [0.1, 0.15) is 5.75 Å². The van der Waals surface area contributed by atoms with Crippen LogP contribution < -0.4 is 4.74 Å². The maximum Gasteiger partial charge on any atom is 0.452 e. The van der Waals surface area contributed by atoms with Gasteiger partial charge in [0.25, 0.3) is 9.05 Å². The van der Waals surface area contributed by atoms with Gasteiger partial charge in [0.2, 0.25) is 11.6 Å². The van der Waals surface area contributed by atoms with Crippen LogP contribution in [-0.4, -0.2) is 32.6 Å². The molecule has 0 aliphatic carbocycles. The van der Waals surface area contributed by atoms with Crippen molar-refractivity contribution in [1.82, 2.24) is 0 Å². The summed E-state index contributed by atoms with van der Waals surface area (Å²) in [5, 5.41) is 0. The summed E-state index contributed by atoms with van der Waals surface area (Å²) >= 11 is 0. The lowest BCUT2D eigenvalue weighted by atomic mass is 10.0. The van der Waals surface area contributed by atoms with E-state index in [1.54, 1.807) is 0 Å². The van der Waals surface area contributed by atoms with E-state index in [2.05, 4.69) is 4.74 Å². The Balaban J connectivity index is 3.61. The van der Waals surface area contributed by atoms with Crippen molar-refractivity contribution in [3.8, 4) is 5.75 Å². The van der Waals surface area contributed by atoms with Gasteiger partial charge in [-0.1, -0.05) is 0 Å². The minimum absolute atomic E-state index is 0.301. The smallest absolute Gasteiger partial charge is 0.449 e. The van der Waals surface area contributed by atoms with Crippen molar-refractivity contribution < 1.29 is 61.4 Å². The van der Waals surface area contributed by atoms with Crippen molar-refractivity contribution in [1.29, 1.82) is 0 Å². The third kappa shape index (κ3) is 4.79.